The Labute approximate surface area is 179 Å². The largest absolute Gasteiger partial charge is 0.350 e. The number of nitrogens with one attached hydrogen (secondary N) is 1. The van der Waals surface area contributed by atoms with Crippen LogP contribution in [0.3, 0.4) is 0 Å². The van der Waals surface area contributed by atoms with Gasteiger partial charge < -0.3 is 10.2 Å². The first-order valence-corrected chi connectivity index (χ1v) is 11.0. The minimum atomic E-state index is -0.524. The molecular formula is C24H32N2O2S. The maximum absolute atomic E-state index is 13.0. The zero-order chi connectivity index (χ0) is 21.4. The molecule has 2 amide bonds. The van der Waals surface area contributed by atoms with Crippen molar-refractivity contribution in [1.29, 1.82) is 0 Å². The molecule has 0 saturated carbocycles. The number of hydrogen-bond donors (Lipinski definition) is 1. The highest BCUT2D eigenvalue weighted by atomic mass is 32.2. The van der Waals surface area contributed by atoms with E-state index in [0.29, 0.717) is 12.3 Å². The Hall–Kier alpha value is -2.27. The van der Waals surface area contributed by atoms with Crippen LogP contribution in [0, 0.1) is 6.92 Å². The van der Waals surface area contributed by atoms with Crippen LogP contribution in [0.5, 0.6) is 0 Å². The molecule has 0 aromatic heterocycles. The van der Waals surface area contributed by atoms with E-state index in [1.807, 2.05) is 82.3 Å². The third kappa shape index (κ3) is 7.94. The van der Waals surface area contributed by atoms with Gasteiger partial charge in [-0.05, 0) is 58.7 Å². The van der Waals surface area contributed by atoms with Gasteiger partial charge in [0.1, 0.15) is 6.04 Å². The highest BCUT2D eigenvalue weighted by Gasteiger charge is 2.28. The Morgan fingerprint density at radius 3 is 2.24 bits per heavy atom. The average Bonchev–Trinajstić information content (AvgIpc) is 2.67. The molecule has 2 aromatic rings. The molecule has 1 N–H and O–H groups in total. The van der Waals surface area contributed by atoms with Crippen LogP contribution in [0.2, 0.25) is 0 Å². The summed E-state index contributed by atoms with van der Waals surface area (Å²) in [4.78, 5) is 28.5. The molecule has 2 rings (SSSR count). The summed E-state index contributed by atoms with van der Waals surface area (Å²) < 4.78 is 0. The Morgan fingerprint density at radius 2 is 1.66 bits per heavy atom. The summed E-state index contributed by atoms with van der Waals surface area (Å²) in [6, 6.07) is 17.7. The molecule has 0 fully saturated rings. The van der Waals surface area contributed by atoms with E-state index in [0.717, 1.165) is 16.9 Å². The van der Waals surface area contributed by atoms with Gasteiger partial charge in [-0.3, -0.25) is 9.59 Å². The molecule has 0 aliphatic heterocycles. The van der Waals surface area contributed by atoms with Crippen LogP contribution in [0.15, 0.2) is 59.5 Å². The van der Waals surface area contributed by atoms with E-state index >= 15 is 0 Å². The standard InChI is InChI=1S/C24H32N2O2S/c1-18-11-13-21(14-12-18)29-17-22(27)26(16-15-20-9-7-6-8-10-20)19(2)23(28)25-24(3,4)5/h6-14,19H,15-17H2,1-5H3,(H,25,28). The van der Waals surface area contributed by atoms with E-state index in [-0.39, 0.29) is 17.4 Å². The van der Waals surface area contributed by atoms with Crippen LogP contribution < -0.4 is 5.32 Å². The number of carbonyl (C=O) groups excluding carboxylic acids is 2. The summed E-state index contributed by atoms with van der Waals surface area (Å²) >= 11 is 1.51. The molecule has 0 heterocycles. The Kier molecular flexibility index (Phi) is 8.32. The van der Waals surface area contributed by atoms with Gasteiger partial charge in [0.2, 0.25) is 11.8 Å². The molecule has 0 aliphatic rings. The molecule has 1 atom stereocenters. The lowest BCUT2D eigenvalue weighted by molar-refractivity contribution is -0.138. The molecule has 0 saturated heterocycles. The topological polar surface area (TPSA) is 49.4 Å². The lowest BCUT2D eigenvalue weighted by Gasteiger charge is -2.31. The van der Waals surface area contributed by atoms with Crippen LogP contribution in [0.4, 0.5) is 0 Å². The molecule has 0 aliphatic carbocycles. The van der Waals surface area contributed by atoms with E-state index in [1.54, 1.807) is 11.8 Å². The molecule has 29 heavy (non-hydrogen) atoms. The van der Waals surface area contributed by atoms with Crippen LogP contribution in [0.1, 0.15) is 38.8 Å². The van der Waals surface area contributed by atoms with Crippen molar-refractivity contribution in [3.8, 4) is 0 Å². The Bertz CT molecular complexity index is 798. The van der Waals surface area contributed by atoms with E-state index in [9.17, 15) is 9.59 Å². The summed E-state index contributed by atoms with van der Waals surface area (Å²) in [5.41, 5.74) is 2.01. The molecule has 1 unspecified atom stereocenters. The molecule has 2 aromatic carbocycles. The quantitative estimate of drug-likeness (QED) is 0.651. The zero-order valence-electron chi connectivity index (χ0n) is 18.1. The summed E-state index contributed by atoms with van der Waals surface area (Å²) in [6.45, 7) is 10.2. The minimum absolute atomic E-state index is 0.0249. The van der Waals surface area contributed by atoms with Crippen LogP contribution >= 0.6 is 11.8 Å². The summed E-state index contributed by atoms with van der Waals surface area (Å²) in [7, 11) is 0. The van der Waals surface area contributed by atoms with Gasteiger partial charge in [0, 0.05) is 17.0 Å². The van der Waals surface area contributed by atoms with Gasteiger partial charge >= 0.3 is 0 Å². The van der Waals surface area contributed by atoms with Gasteiger partial charge in [0.15, 0.2) is 0 Å². The third-order valence-electron chi connectivity index (χ3n) is 4.53. The fraction of sp³-hybridized carbons (Fsp3) is 0.417. The molecule has 0 bridgehead atoms. The number of aryl methyl sites for hydroxylation is 1. The molecule has 4 nitrogen and oxygen atoms in total. The van der Waals surface area contributed by atoms with Gasteiger partial charge in [-0.1, -0.05) is 48.0 Å². The van der Waals surface area contributed by atoms with Crippen molar-refractivity contribution in [1.82, 2.24) is 10.2 Å². The van der Waals surface area contributed by atoms with Crippen molar-refractivity contribution in [3.63, 3.8) is 0 Å². The van der Waals surface area contributed by atoms with E-state index in [2.05, 4.69) is 5.32 Å². The van der Waals surface area contributed by atoms with E-state index in [1.165, 1.54) is 17.3 Å². The Morgan fingerprint density at radius 1 is 1.03 bits per heavy atom. The molecule has 0 radical (unpaired) electrons. The third-order valence-corrected chi connectivity index (χ3v) is 5.53. The molecular weight excluding hydrogens is 380 g/mol. The lowest BCUT2D eigenvalue weighted by atomic mass is 10.1. The second kappa shape index (κ2) is 10.5. The summed E-state index contributed by atoms with van der Waals surface area (Å²) in [6.07, 6.45) is 0.717. The van der Waals surface area contributed by atoms with Gasteiger partial charge in [-0.25, -0.2) is 0 Å². The van der Waals surface area contributed by atoms with Gasteiger partial charge in [-0.2, -0.15) is 0 Å². The smallest absolute Gasteiger partial charge is 0.242 e. The summed E-state index contributed by atoms with van der Waals surface area (Å²) in [5.74, 6) is 0.160. The van der Waals surface area contributed by atoms with Gasteiger partial charge in [0.05, 0.1) is 5.75 Å². The van der Waals surface area contributed by atoms with Crippen LogP contribution in [0.25, 0.3) is 0 Å². The van der Waals surface area contributed by atoms with E-state index < -0.39 is 6.04 Å². The van der Waals surface area contributed by atoms with Crippen molar-refractivity contribution < 1.29 is 9.59 Å². The monoisotopic (exact) mass is 412 g/mol. The second-order valence-corrected chi connectivity index (χ2v) is 9.39. The fourth-order valence-electron chi connectivity index (χ4n) is 2.91. The highest BCUT2D eigenvalue weighted by Crippen LogP contribution is 2.20. The number of amides is 2. The van der Waals surface area contributed by atoms with Crippen molar-refractivity contribution in [2.24, 2.45) is 0 Å². The van der Waals surface area contributed by atoms with Crippen LogP contribution in [-0.2, 0) is 16.0 Å². The number of thioether (sulfide) groups is 1. The first kappa shape index (κ1) is 23.0. The number of carbonyl (C=O) groups is 2. The predicted molar refractivity (Wildman–Crippen MR) is 121 cm³/mol. The lowest BCUT2D eigenvalue weighted by Crippen LogP contribution is -2.53. The first-order valence-electron chi connectivity index (χ1n) is 10.0. The molecule has 156 valence electrons. The number of hydrogen-bond acceptors (Lipinski definition) is 3. The van der Waals surface area contributed by atoms with Crippen molar-refractivity contribution >= 4 is 23.6 Å². The first-order chi connectivity index (χ1) is 13.7. The van der Waals surface area contributed by atoms with Gasteiger partial charge in [-0.15, -0.1) is 11.8 Å². The maximum atomic E-state index is 13.0. The highest BCUT2D eigenvalue weighted by molar-refractivity contribution is 8.00. The van der Waals surface area contributed by atoms with Crippen molar-refractivity contribution in [3.05, 3.63) is 65.7 Å². The maximum Gasteiger partial charge on any atom is 0.242 e. The fourth-order valence-corrected chi connectivity index (χ4v) is 3.69. The second-order valence-electron chi connectivity index (χ2n) is 8.34. The average molecular weight is 413 g/mol. The number of benzene rings is 2. The molecule has 5 heteroatoms. The number of nitrogens with zero attached hydrogens (tertiary/aromatic N) is 1. The van der Waals surface area contributed by atoms with E-state index in [4.69, 9.17) is 0 Å². The Balaban J connectivity index is 2.07. The van der Waals surface area contributed by atoms with Crippen LogP contribution in [-0.4, -0.2) is 40.6 Å². The SMILES string of the molecule is Cc1ccc(SCC(=O)N(CCc2ccccc2)C(C)C(=O)NC(C)(C)C)cc1. The minimum Gasteiger partial charge on any atom is -0.350 e. The predicted octanol–water partition coefficient (Wildman–Crippen LogP) is 4.46. The molecule has 0 spiro atoms. The number of rotatable bonds is 8. The zero-order valence-corrected chi connectivity index (χ0v) is 18.9. The van der Waals surface area contributed by atoms with Crippen molar-refractivity contribution in [2.45, 2.75) is 57.5 Å². The van der Waals surface area contributed by atoms with Gasteiger partial charge in [0.25, 0.3) is 0 Å². The van der Waals surface area contributed by atoms with Crippen molar-refractivity contribution in [2.75, 3.05) is 12.3 Å². The summed E-state index contributed by atoms with van der Waals surface area (Å²) in [5, 5.41) is 2.99. The normalized spacial score (nSPS) is 12.3.